The molecule has 6 heteroatoms. The van der Waals surface area contributed by atoms with Crippen molar-refractivity contribution in [1.29, 1.82) is 0 Å². The van der Waals surface area contributed by atoms with Gasteiger partial charge in [0.2, 0.25) is 0 Å². The molecule has 1 aliphatic carbocycles. The fraction of sp³-hybridized carbons (Fsp3) is 0.545. The SMILES string of the molecule is CCN(CC)c1ccc(C2NC(=O)NC(C)=C2C(=O)OC2CCCC2C)cc1. The first-order valence-electron chi connectivity index (χ1n) is 10.3. The summed E-state index contributed by atoms with van der Waals surface area (Å²) < 4.78 is 5.82. The quantitative estimate of drug-likeness (QED) is 0.729. The third-order valence-electron chi connectivity index (χ3n) is 5.89. The van der Waals surface area contributed by atoms with E-state index in [2.05, 4.69) is 36.3 Å². The van der Waals surface area contributed by atoms with Crippen LogP contribution in [0.25, 0.3) is 0 Å². The molecule has 28 heavy (non-hydrogen) atoms. The van der Waals surface area contributed by atoms with E-state index in [0.717, 1.165) is 43.6 Å². The van der Waals surface area contributed by atoms with Gasteiger partial charge in [-0.1, -0.05) is 19.1 Å². The van der Waals surface area contributed by atoms with Crippen LogP contribution in [0, 0.1) is 5.92 Å². The minimum absolute atomic E-state index is 0.0453. The van der Waals surface area contributed by atoms with Crippen molar-refractivity contribution < 1.29 is 14.3 Å². The number of rotatable bonds is 6. The summed E-state index contributed by atoms with van der Waals surface area (Å²) in [6, 6.07) is 7.21. The summed E-state index contributed by atoms with van der Waals surface area (Å²) in [5, 5.41) is 5.60. The Bertz CT molecular complexity index is 753. The van der Waals surface area contributed by atoms with Crippen LogP contribution in [0.15, 0.2) is 35.5 Å². The second kappa shape index (κ2) is 8.67. The van der Waals surface area contributed by atoms with Crippen molar-refractivity contribution in [3.05, 3.63) is 41.1 Å². The lowest BCUT2D eigenvalue weighted by atomic mass is 9.95. The average molecular weight is 386 g/mol. The van der Waals surface area contributed by atoms with Gasteiger partial charge in [0.1, 0.15) is 6.10 Å². The number of allylic oxidation sites excluding steroid dienone is 1. The van der Waals surface area contributed by atoms with Gasteiger partial charge in [0, 0.05) is 24.5 Å². The lowest BCUT2D eigenvalue weighted by molar-refractivity contribution is -0.146. The van der Waals surface area contributed by atoms with Gasteiger partial charge in [-0.15, -0.1) is 0 Å². The van der Waals surface area contributed by atoms with E-state index in [9.17, 15) is 9.59 Å². The topological polar surface area (TPSA) is 70.7 Å². The van der Waals surface area contributed by atoms with Crippen LogP contribution in [0.1, 0.15) is 58.6 Å². The number of benzene rings is 1. The number of nitrogens with zero attached hydrogens (tertiary/aromatic N) is 1. The Morgan fingerprint density at radius 1 is 1.18 bits per heavy atom. The molecule has 2 aliphatic rings. The summed E-state index contributed by atoms with van der Waals surface area (Å²) in [7, 11) is 0. The number of nitrogens with one attached hydrogen (secondary N) is 2. The van der Waals surface area contributed by atoms with E-state index in [1.807, 2.05) is 24.3 Å². The van der Waals surface area contributed by atoms with Gasteiger partial charge in [0.25, 0.3) is 0 Å². The second-order valence-electron chi connectivity index (χ2n) is 7.69. The highest BCUT2D eigenvalue weighted by Gasteiger charge is 2.35. The van der Waals surface area contributed by atoms with Crippen molar-refractivity contribution in [2.75, 3.05) is 18.0 Å². The van der Waals surface area contributed by atoms with Crippen molar-refractivity contribution in [2.24, 2.45) is 5.92 Å². The molecule has 2 N–H and O–H groups in total. The Morgan fingerprint density at radius 2 is 1.86 bits per heavy atom. The number of carbonyl (C=O) groups is 2. The summed E-state index contributed by atoms with van der Waals surface area (Å²) in [6.45, 7) is 9.97. The molecule has 0 aromatic heterocycles. The summed E-state index contributed by atoms with van der Waals surface area (Å²) in [5.74, 6) is 0.0318. The monoisotopic (exact) mass is 385 g/mol. The number of hydrogen-bond donors (Lipinski definition) is 2. The van der Waals surface area contributed by atoms with E-state index in [0.29, 0.717) is 17.2 Å². The van der Waals surface area contributed by atoms with Gasteiger partial charge in [0.05, 0.1) is 11.6 Å². The Kier molecular flexibility index (Phi) is 6.27. The first kappa shape index (κ1) is 20.2. The largest absolute Gasteiger partial charge is 0.459 e. The predicted molar refractivity (Wildman–Crippen MR) is 110 cm³/mol. The van der Waals surface area contributed by atoms with Crippen molar-refractivity contribution in [3.63, 3.8) is 0 Å². The first-order chi connectivity index (χ1) is 13.4. The number of esters is 1. The molecule has 0 bridgehead atoms. The highest BCUT2D eigenvalue weighted by molar-refractivity contribution is 5.95. The maximum Gasteiger partial charge on any atom is 0.338 e. The van der Waals surface area contributed by atoms with Gasteiger partial charge in [-0.25, -0.2) is 9.59 Å². The molecular formula is C22H31N3O3. The molecule has 1 aromatic carbocycles. The van der Waals surface area contributed by atoms with Gasteiger partial charge in [-0.3, -0.25) is 0 Å². The molecule has 1 aromatic rings. The molecule has 1 saturated carbocycles. The summed E-state index contributed by atoms with van der Waals surface area (Å²) in [6.07, 6.45) is 3.03. The maximum absolute atomic E-state index is 13.0. The Labute approximate surface area is 167 Å². The van der Waals surface area contributed by atoms with Gasteiger partial charge >= 0.3 is 12.0 Å². The van der Waals surface area contributed by atoms with E-state index >= 15 is 0 Å². The number of carbonyl (C=O) groups excluding carboxylic acids is 2. The molecule has 0 saturated heterocycles. The second-order valence-corrected chi connectivity index (χ2v) is 7.69. The van der Waals surface area contributed by atoms with Crippen LogP contribution < -0.4 is 15.5 Å². The molecule has 152 valence electrons. The lowest BCUT2D eigenvalue weighted by Gasteiger charge is -2.30. The summed E-state index contributed by atoms with van der Waals surface area (Å²) in [4.78, 5) is 27.3. The number of ether oxygens (including phenoxy) is 1. The van der Waals surface area contributed by atoms with Crippen LogP contribution in [0.3, 0.4) is 0 Å². The van der Waals surface area contributed by atoms with Gasteiger partial charge in [0.15, 0.2) is 0 Å². The zero-order valence-electron chi connectivity index (χ0n) is 17.2. The van der Waals surface area contributed by atoms with E-state index in [1.165, 1.54) is 0 Å². The predicted octanol–water partition coefficient (Wildman–Crippen LogP) is 3.89. The van der Waals surface area contributed by atoms with Crippen LogP contribution >= 0.6 is 0 Å². The fourth-order valence-corrected chi connectivity index (χ4v) is 4.17. The third-order valence-corrected chi connectivity index (χ3v) is 5.89. The lowest BCUT2D eigenvalue weighted by Crippen LogP contribution is -2.45. The minimum Gasteiger partial charge on any atom is -0.459 e. The number of amides is 2. The van der Waals surface area contributed by atoms with Crippen molar-refractivity contribution in [2.45, 2.75) is 59.1 Å². The normalized spacial score (nSPS) is 24.6. The smallest absolute Gasteiger partial charge is 0.338 e. The Balaban J connectivity index is 1.85. The Hall–Kier alpha value is -2.50. The van der Waals surface area contributed by atoms with E-state index in [4.69, 9.17) is 4.74 Å². The molecule has 3 unspecified atom stereocenters. The number of urea groups is 1. The Morgan fingerprint density at radius 3 is 2.43 bits per heavy atom. The van der Waals surface area contributed by atoms with E-state index in [-0.39, 0.29) is 18.1 Å². The van der Waals surface area contributed by atoms with Crippen molar-refractivity contribution >= 4 is 17.7 Å². The molecule has 1 fully saturated rings. The van der Waals surface area contributed by atoms with Gasteiger partial charge in [-0.2, -0.15) is 0 Å². The van der Waals surface area contributed by atoms with Crippen LogP contribution in [-0.2, 0) is 9.53 Å². The molecule has 6 nitrogen and oxygen atoms in total. The molecule has 0 spiro atoms. The average Bonchev–Trinajstić information content (AvgIpc) is 3.07. The van der Waals surface area contributed by atoms with E-state index in [1.54, 1.807) is 6.92 Å². The minimum atomic E-state index is -0.510. The fourth-order valence-electron chi connectivity index (χ4n) is 4.17. The number of hydrogen-bond acceptors (Lipinski definition) is 4. The standard InChI is InChI=1S/C22H31N3O3/c1-5-25(6-2)17-12-10-16(11-13-17)20-19(15(4)23-22(27)24-20)21(26)28-18-9-7-8-14(18)3/h10-14,18,20H,5-9H2,1-4H3,(H2,23,24,27). The molecule has 0 radical (unpaired) electrons. The van der Waals surface area contributed by atoms with Crippen LogP contribution in [-0.4, -0.2) is 31.2 Å². The third kappa shape index (κ3) is 4.16. The highest BCUT2D eigenvalue weighted by atomic mass is 16.5. The molecule has 1 aliphatic heterocycles. The molecule has 3 rings (SSSR count). The summed E-state index contributed by atoms with van der Waals surface area (Å²) >= 11 is 0. The van der Waals surface area contributed by atoms with Gasteiger partial charge in [-0.05, 0) is 63.6 Å². The van der Waals surface area contributed by atoms with Crippen LogP contribution in [0.2, 0.25) is 0 Å². The van der Waals surface area contributed by atoms with Crippen molar-refractivity contribution in [3.8, 4) is 0 Å². The van der Waals surface area contributed by atoms with Crippen molar-refractivity contribution in [1.82, 2.24) is 10.6 Å². The first-order valence-corrected chi connectivity index (χ1v) is 10.3. The van der Waals surface area contributed by atoms with Crippen LogP contribution in [0.5, 0.6) is 0 Å². The maximum atomic E-state index is 13.0. The molecular weight excluding hydrogens is 354 g/mol. The number of anilines is 1. The zero-order chi connectivity index (χ0) is 20.3. The highest BCUT2D eigenvalue weighted by Crippen LogP contribution is 2.32. The van der Waals surface area contributed by atoms with Gasteiger partial charge < -0.3 is 20.3 Å². The molecule has 1 heterocycles. The molecule has 3 atom stereocenters. The molecule has 2 amide bonds. The summed E-state index contributed by atoms with van der Waals surface area (Å²) in [5.41, 5.74) is 3.03. The zero-order valence-corrected chi connectivity index (χ0v) is 17.2. The van der Waals surface area contributed by atoms with E-state index < -0.39 is 6.04 Å². The van der Waals surface area contributed by atoms with Crippen LogP contribution in [0.4, 0.5) is 10.5 Å².